The van der Waals surface area contributed by atoms with Gasteiger partial charge in [-0.1, -0.05) is 30.3 Å². The van der Waals surface area contributed by atoms with Gasteiger partial charge in [-0.25, -0.2) is 4.68 Å². The first-order chi connectivity index (χ1) is 13.2. The number of carbonyl (C=O) groups excluding carboxylic acids is 1. The molecule has 0 aliphatic carbocycles. The first-order valence-electron chi connectivity index (χ1n) is 8.62. The lowest BCUT2D eigenvalue weighted by molar-refractivity contribution is 0.0940. The van der Waals surface area contributed by atoms with Gasteiger partial charge in [0.05, 0.1) is 22.2 Å². The number of benzene rings is 1. The third kappa shape index (κ3) is 3.66. The number of para-hydroxylation sites is 1. The Morgan fingerprint density at radius 1 is 1.11 bits per heavy atom. The second kappa shape index (κ2) is 7.55. The van der Waals surface area contributed by atoms with Gasteiger partial charge >= 0.3 is 0 Å². The van der Waals surface area contributed by atoms with Gasteiger partial charge in [0.15, 0.2) is 0 Å². The molecule has 0 radical (unpaired) electrons. The number of pyridine rings is 1. The molecule has 4 aromatic rings. The van der Waals surface area contributed by atoms with Gasteiger partial charge in [0.25, 0.3) is 5.91 Å². The van der Waals surface area contributed by atoms with E-state index in [1.54, 1.807) is 34.6 Å². The van der Waals surface area contributed by atoms with Gasteiger partial charge in [-0.15, -0.1) is 11.3 Å². The summed E-state index contributed by atoms with van der Waals surface area (Å²) in [4.78, 5) is 18.1. The SMILES string of the molecule is CC(NC(=O)c1cn(-c2ccccc2)nc1-c1cccs1)c1cccnc1. The van der Waals surface area contributed by atoms with Crippen LogP contribution in [0.3, 0.4) is 0 Å². The highest BCUT2D eigenvalue weighted by Crippen LogP contribution is 2.28. The lowest BCUT2D eigenvalue weighted by Gasteiger charge is -2.13. The maximum atomic E-state index is 13.0. The van der Waals surface area contributed by atoms with Crippen LogP contribution in [0.25, 0.3) is 16.3 Å². The van der Waals surface area contributed by atoms with Crippen LogP contribution in [-0.2, 0) is 0 Å². The van der Waals surface area contributed by atoms with E-state index < -0.39 is 0 Å². The van der Waals surface area contributed by atoms with Crippen LogP contribution in [0.15, 0.2) is 78.6 Å². The summed E-state index contributed by atoms with van der Waals surface area (Å²) in [6, 6.07) is 17.4. The monoisotopic (exact) mass is 374 g/mol. The zero-order valence-electron chi connectivity index (χ0n) is 14.7. The zero-order valence-corrected chi connectivity index (χ0v) is 15.6. The van der Waals surface area contributed by atoms with Gasteiger partial charge in [-0.2, -0.15) is 5.10 Å². The van der Waals surface area contributed by atoms with Crippen molar-refractivity contribution in [3.05, 3.63) is 89.7 Å². The van der Waals surface area contributed by atoms with Gasteiger partial charge in [0.1, 0.15) is 5.69 Å². The van der Waals surface area contributed by atoms with Crippen molar-refractivity contribution in [3.63, 3.8) is 0 Å². The van der Waals surface area contributed by atoms with E-state index >= 15 is 0 Å². The molecule has 0 bridgehead atoms. The summed E-state index contributed by atoms with van der Waals surface area (Å²) in [5.74, 6) is -0.156. The highest BCUT2D eigenvalue weighted by molar-refractivity contribution is 7.13. The summed E-state index contributed by atoms with van der Waals surface area (Å²) in [5.41, 5.74) is 3.11. The molecule has 1 amide bonds. The fourth-order valence-corrected chi connectivity index (χ4v) is 3.56. The Morgan fingerprint density at radius 2 is 1.96 bits per heavy atom. The Kier molecular flexibility index (Phi) is 4.80. The molecule has 27 heavy (non-hydrogen) atoms. The number of amides is 1. The largest absolute Gasteiger partial charge is 0.345 e. The average Bonchev–Trinajstić information content (AvgIpc) is 3.39. The van der Waals surface area contributed by atoms with Crippen molar-refractivity contribution in [2.45, 2.75) is 13.0 Å². The second-order valence-corrected chi connectivity index (χ2v) is 7.08. The van der Waals surface area contributed by atoms with Gasteiger partial charge in [-0.05, 0) is 42.1 Å². The summed E-state index contributed by atoms with van der Waals surface area (Å²) in [7, 11) is 0. The maximum absolute atomic E-state index is 13.0. The van der Waals surface area contributed by atoms with E-state index in [0.29, 0.717) is 11.3 Å². The average molecular weight is 374 g/mol. The van der Waals surface area contributed by atoms with E-state index in [0.717, 1.165) is 16.1 Å². The Morgan fingerprint density at radius 3 is 2.67 bits per heavy atom. The quantitative estimate of drug-likeness (QED) is 0.560. The van der Waals surface area contributed by atoms with Crippen molar-refractivity contribution in [3.8, 4) is 16.3 Å². The van der Waals surface area contributed by atoms with Crippen LogP contribution in [0, 0.1) is 0 Å². The highest BCUT2D eigenvalue weighted by atomic mass is 32.1. The molecule has 5 nitrogen and oxygen atoms in total. The minimum Gasteiger partial charge on any atom is -0.345 e. The smallest absolute Gasteiger partial charge is 0.255 e. The maximum Gasteiger partial charge on any atom is 0.255 e. The van der Waals surface area contributed by atoms with Crippen molar-refractivity contribution in [2.75, 3.05) is 0 Å². The molecule has 0 saturated carbocycles. The lowest BCUT2D eigenvalue weighted by Crippen LogP contribution is -2.26. The molecule has 134 valence electrons. The van der Waals surface area contributed by atoms with Crippen molar-refractivity contribution >= 4 is 17.2 Å². The topological polar surface area (TPSA) is 59.8 Å². The summed E-state index contributed by atoms with van der Waals surface area (Å²) in [6.45, 7) is 1.95. The number of hydrogen-bond acceptors (Lipinski definition) is 4. The molecule has 1 unspecified atom stereocenters. The highest BCUT2D eigenvalue weighted by Gasteiger charge is 2.21. The zero-order chi connectivity index (χ0) is 18.6. The fraction of sp³-hybridized carbons (Fsp3) is 0.0952. The molecule has 4 rings (SSSR count). The van der Waals surface area contributed by atoms with Crippen LogP contribution in [0.1, 0.15) is 28.9 Å². The van der Waals surface area contributed by atoms with Crippen LogP contribution in [-0.4, -0.2) is 20.7 Å². The van der Waals surface area contributed by atoms with Crippen LogP contribution in [0.4, 0.5) is 0 Å². The number of thiophene rings is 1. The standard InChI is InChI=1S/C21H18N4OS/c1-15(16-7-5-11-22-13-16)23-21(26)18-14-25(17-8-3-2-4-9-17)24-20(18)19-10-6-12-27-19/h2-15H,1H3,(H,23,26). The van der Waals surface area contributed by atoms with Crippen LogP contribution >= 0.6 is 11.3 Å². The molecule has 1 atom stereocenters. The van der Waals surface area contributed by atoms with Crippen molar-refractivity contribution < 1.29 is 4.79 Å². The number of hydrogen-bond donors (Lipinski definition) is 1. The molecule has 3 aromatic heterocycles. The molecule has 1 N–H and O–H groups in total. The van der Waals surface area contributed by atoms with Crippen LogP contribution in [0.2, 0.25) is 0 Å². The summed E-state index contributed by atoms with van der Waals surface area (Å²) < 4.78 is 1.75. The lowest BCUT2D eigenvalue weighted by atomic mass is 10.1. The molecular formula is C21H18N4OS. The van der Waals surface area contributed by atoms with E-state index in [-0.39, 0.29) is 11.9 Å². The Hall–Kier alpha value is -3.25. The number of aromatic nitrogens is 3. The summed E-state index contributed by atoms with van der Waals surface area (Å²) in [5, 5.41) is 9.71. The van der Waals surface area contributed by atoms with Gasteiger partial charge in [-0.3, -0.25) is 9.78 Å². The minimum absolute atomic E-state index is 0.150. The number of nitrogens with zero attached hydrogens (tertiary/aromatic N) is 3. The van der Waals surface area contributed by atoms with Crippen LogP contribution in [0.5, 0.6) is 0 Å². The minimum atomic E-state index is -0.156. The molecule has 3 heterocycles. The molecule has 0 fully saturated rings. The molecule has 0 aliphatic heterocycles. The summed E-state index contributed by atoms with van der Waals surface area (Å²) in [6.07, 6.45) is 5.27. The van der Waals surface area contributed by atoms with E-state index in [4.69, 9.17) is 0 Å². The predicted molar refractivity (Wildman–Crippen MR) is 107 cm³/mol. The number of nitrogens with one attached hydrogen (secondary N) is 1. The normalized spacial score (nSPS) is 11.9. The Balaban J connectivity index is 1.68. The number of carbonyl (C=O) groups is 1. The molecule has 0 spiro atoms. The van der Waals surface area contributed by atoms with Crippen molar-refractivity contribution in [1.29, 1.82) is 0 Å². The Labute approximate surface area is 161 Å². The molecular weight excluding hydrogens is 356 g/mol. The third-order valence-corrected chi connectivity index (χ3v) is 5.14. The van der Waals surface area contributed by atoms with Crippen LogP contribution < -0.4 is 5.32 Å². The second-order valence-electron chi connectivity index (χ2n) is 6.13. The molecule has 1 aromatic carbocycles. The van der Waals surface area contributed by atoms with E-state index in [2.05, 4.69) is 15.4 Å². The Bertz CT molecular complexity index is 1030. The van der Waals surface area contributed by atoms with E-state index in [9.17, 15) is 4.79 Å². The van der Waals surface area contributed by atoms with E-state index in [1.165, 1.54) is 0 Å². The predicted octanol–water partition coefficient (Wildman–Crippen LogP) is 4.49. The molecule has 0 aliphatic rings. The first kappa shape index (κ1) is 17.2. The number of rotatable bonds is 5. The third-order valence-electron chi connectivity index (χ3n) is 4.27. The molecule has 0 saturated heterocycles. The van der Waals surface area contributed by atoms with Gasteiger partial charge in [0.2, 0.25) is 0 Å². The van der Waals surface area contributed by atoms with Gasteiger partial charge in [0, 0.05) is 18.6 Å². The molecule has 6 heteroatoms. The van der Waals surface area contributed by atoms with E-state index in [1.807, 2.05) is 66.9 Å². The van der Waals surface area contributed by atoms with Crippen molar-refractivity contribution in [1.82, 2.24) is 20.1 Å². The van der Waals surface area contributed by atoms with Gasteiger partial charge < -0.3 is 5.32 Å². The fourth-order valence-electron chi connectivity index (χ4n) is 2.84. The van der Waals surface area contributed by atoms with Crippen molar-refractivity contribution in [2.24, 2.45) is 0 Å². The summed E-state index contributed by atoms with van der Waals surface area (Å²) >= 11 is 1.57. The first-order valence-corrected chi connectivity index (χ1v) is 9.50.